The molecule has 162 valence electrons. The van der Waals surface area contributed by atoms with Crippen molar-refractivity contribution in [2.45, 2.75) is 44.9 Å². The number of carbonyl (C=O) groups excluding carboxylic acids is 1. The normalized spacial score (nSPS) is 13.5. The van der Waals surface area contributed by atoms with Crippen molar-refractivity contribution in [2.75, 3.05) is 6.26 Å². The minimum Gasteiger partial charge on any atom is -0.490 e. The molecule has 8 heteroatoms. The Bertz CT molecular complexity index is 1240. The molecule has 0 saturated carbocycles. The predicted octanol–water partition coefficient (Wildman–Crippen LogP) is 3.53. The third kappa shape index (κ3) is 4.34. The third-order valence-electron chi connectivity index (χ3n) is 5.10. The third-order valence-corrected chi connectivity index (χ3v) is 6.21. The number of benzene rings is 2. The van der Waals surface area contributed by atoms with Crippen LogP contribution in [0.15, 0.2) is 53.6 Å². The molecule has 7 nitrogen and oxygen atoms in total. The lowest BCUT2D eigenvalue weighted by Gasteiger charge is -2.20. The van der Waals surface area contributed by atoms with Gasteiger partial charge in [-0.2, -0.15) is 5.10 Å². The molecule has 0 N–H and O–H groups in total. The Labute approximate surface area is 182 Å². The van der Waals surface area contributed by atoms with Crippen molar-refractivity contribution in [3.63, 3.8) is 0 Å². The second-order valence-corrected chi connectivity index (χ2v) is 10.2. The highest BCUT2D eigenvalue weighted by molar-refractivity contribution is 7.90. The smallest absolute Gasteiger partial charge is 0.258 e. The van der Waals surface area contributed by atoms with E-state index in [1.165, 1.54) is 12.1 Å². The monoisotopic (exact) mass is 439 g/mol. The number of fused-ring (bicyclic) bond motifs is 1. The predicted molar refractivity (Wildman–Crippen MR) is 117 cm³/mol. The molecule has 0 bridgehead atoms. The van der Waals surface area contributed by atoms with Crippen molar-refractivity contribution in [1.29, 1.82) is 0 Å². The van der Waals surface area contributed by atoms with E-state index in [0.717, 1.165) is 28.8 Å². The van der Waals surface area contributed by atoms with Gasteiger partial charge in [0.25, 0.3) is 5.91 Å². The van der Waals surface area contributed by atoms with Crippen molar-refractivity contribution >= 4 is 15.7 Å². The maximum Gasteiger partial charge on any atom is 0.258 e. The molecule has 0 saturated heterocycles. The van der Waals surface area contributed by atoms with Gasteiger partial charge in [-0.3, -0.25) is 4.79 Å². The maximum atomic E-state index is 13.3. The highest BCUT2D eigenvalue weighted by atomic mass is 32.2. The molecule has 0 spiro atoms. The van der Waals surface area contributed by atoms with Crippen LogP contribution in [0.25, 0.3) is 5.69 Å². The fraction of sp³-hybridized carbons (Fsp3) is 0.304. The van der Waals surface area contributed by atoms with Gasteiger partial charge in [-0.15, -0.1) is 0 Å². The van der Waals surface area contributed by atoms with Gasteiger partial charge in [0.1, 0.15) is 5.75 Å². The first kappa shape index (κ1) is 21.1. The summed E-state index contributed by atoms with van der Waals surface area (Å²) in [5.74, 6) is 0.100. The highest BCUT2D eigenvalue weighted by Gasteiger charge is 2.30. The Morgan fingerprint density at radius 1 is 1.13 bits per heavy atom. The molecule has 1 aliphatic rings. The molecule has 0 radical (unpaired) electrons. The first-order valence-electron chi connectivity index (χ1n) is 10.1. The number of aromatic nitrogens is 2. The van der Waals surface area contributed by atoms with E-state index in [-0.39, 0.29) is 22.5 Å². The molecule has 0 aliphatic carbocycles. The van der Waals surface area contributed by atoms with Gasteiger partial charge in [-0.25, -0.2) is 13.1 Å². The lowest BCUT2D eigenvalue weighted by Crippen LogP contribution is -2.27. The number of aryl methyl sites for hydroxylation is 1. The summed E-state index contributed by atoms with van der Waals surface area (Å²) >= 11 is 0. The second-order valence-electron chi connectivity index (χ2n) is 8.14. The van der Waals surface area contributed by atoms with Crippen LogP contribution in [0.1, 0.15) is 41.0 Å². The zero-order chi connectivity index (χ0) is 22.3. The number of sulfone groups is 1. The molecule has 1 aliphatic heterocycles. The number of ether oxygens (including phenoxy) is 1. The molecule has 2 heterocycles. The van der Waals surface area contributed by atoms with Gasteiger partial charge in [0, 0.05) is 24.6 Å². The van der Waals surface area contributed by atoms with Crippen molar-refractivity contribution in [1.82, 2.24) is 14.7 Å². The number of carbonyl (C=O) groups is 1. The summed E-state index contributed by atoms with van der Waals surface area (Å²) in [6.45, 7) is 6.51. The summed E-state index contributed by atoms with van der Waals surface area (Å²) in [5.41, 5.74) is 4.17. The zero-order valence-corrected chi connectivity index (χ0v) is 18.8. The van der Waals surface area contributed by atoms with E-state index in [4.69, 9.17) is 4.74 Å². The van der Waals surface area contributed by atoms with Gasteiger partial charge in [0.15, 0.2) is 9.84 Å². The molecule has 31 heavy (non-hydrogen) atoms. The SMILES string of the molecule is Cc1cccc(-n2cc3c(n2)CN(C(=O)c2cc(S(C)(=O)=O)ccc2OC(C)C)C3)c1. The van der Waals surface area contributed by atoms with Crippen LogP contribution in [0.4, 0.5) is 0 Å². The molecule has 2 aromatic carbocycles. The van der Waals surface area contributed by atoms with Crippen LogP contribution >= 0.6 is 0 Å². The minimum absolute atomic E-state index is 0.0912. The van der Waals surface area contributed by atoms with E-state index < -0.39 is 9.84 Å². The van der Waals surface area contributed by atoms with Gasteiger partial charge >= 0.3 is 0 Å². The van der Waals surface area contributed by atoms with Gasteiger partial charge in [0.2, 0.25) is 0 Å². The number of amides is 1. The average molecular weight is 440 g/mol. The maximum absolute atomic E-state index is 13.3. The first-order chi connectivity index (χ1) is 14.6. The lowest BCUT2D eigenvalue weighted by molar-refractivity contribution is 0.0742. The largest absolute Gasteiger partial charge is 0.490 e. The van der Waals surface area contributed by atoms with E-state index in [0.29, 0.717) is 18.8 Å². The Hall–Kier alpha value is -3.13. The van der Waals surface area contributed by atoms with Crippen molar-refractivity contribution in [3.05, 3.63) is 71.0 Å². The molecular weight excluding hydrogens is 414 g/mol. The lowest BCUT2D eigenvalue weighted by atomic mass is 10.1. The van der Waals surface area contributed by atoms with Crippen LogP contribution in [-0.4, -0.2) is 41.4 Å². The summed E-state index contributed by atoms with van der Waals surface area (Å²) in [4.78, 5) is 15.1. The molecule has 3 aromatic rings. The quantitative estimate of drug-likeness (QED) is 0.608. The summed E-state index contributed by atoms with van der Waals surface area (Å²) in [6, 6.07) is 12.5. The fourth-order valence-electron chi connectivity index (χ4n) is 3.63. The number of hydrogen-bond acceptors (Lipinski definition) is 5. The van der Waals surface area contributed by atoms with Crippen LogP contribution in [0.5, 0.6) is 5.75 Å². The topological polar surface area (TPSA) is 81.5 Å². The zero-order valence-electron chi connectivity index (χ0n) is 18.0. The summed E-state index contributed by atoms with van der Waals surface area (Å²) in [7, 11) is -3.45. The summed E-state index contributed by atoms with van der Waals surface area (Å²) in [5, 5.41) is 4.65. The van der Waals surface area contributed by atoms with Crippen molar-refractivity contribution < 1.29 is 17.9 Å². The van der Waals surface area contributed by atoms with Crippen LogP contribution in [0, 0.1) is 6.92 Å². The van der Waals surface area contributed by atoms with Crippen LogP contribution in [0.2, 0.25) is 0 Å². The van der Waals surface area contributed by atoms with E-state index in [1.807, 2.05) is 49.8 Å². The highest BCUT2D eigenvalue weighted by Crippen LogP contribution is 2.30. The standard InChI is InChI=1S/C23H25N3O4S/c1-15(2)30-22-9-8-19(31(4,28)29)11-20(22)23(27)25-12-17-13-26(24-21(17)14-25)18-7-5-6-16(3)10-18/h5-11,13,15H,12,14H2,1-4H3. The van der Waals surface area contributed by atoms with Crippen molar-refractivity contribution in [3.8, 4) is 11.4 Å². The molecule has 0 fully saturated rings. The Balaban J connectivity index is 1.61. The summed E-state index contributed by atoms with van der Waals surface area (Å²) in [6.07, 6.45) is 2.92. The Morgan fingerprint density at radius 2 is 1.90 bits per heavy atom. The van der Waals surface area contributed by atoms with Gasteiger partial charge in [0.05, 0.1) is 34.5 Å². The Morgan fingerprint density at radius 3 is 2.55 bits per heavy atom. The van der Waals surface area contributed by atoms with Crippen LogP contribution < -0.4 is 4.74 Å². The molecular formula is C23H25N3O4S. The van der Waals surface area contributed by atoms with E-state index in [9.17, 15) is 13.2 Å². The molecule has 0 atom stereocenters. The number of rotatable bonds is 5. The van der Waals surface area contributed by atoms with E-state index in [2.05, 4.69) is 11.2 Å². The number of nitrogens with zero attached hydrogens (tertiary/aromatic N) is 3. The van der Waals surface area contributed by atoms with E-state index >= 15 is 0 Å². The van der Waals surface area contributed by atoms with Crippen molar-refractivity contribution in [2.24, 2.45) is 0 Å². The van der Waals surface area contributed by atoms with Gasteiger partial charge in [-0.1, -0.05) is 12.1 Å². The second kappa shape index (κ2) is 7.85. The molecule has 1 amide bonds. The van der Waals surface area contributed by atoms with Gasteiger partial charge in [-0.05, 0) is 56.7 Å². The first-order valence-corrected chi connectivity index (χ1v) is 12.0. The molecule has 0 unspecified atom stereocenters. The molecule has 4 rings (SSSR count). The van der Waals surface area contributed by atoms with E-state index in [1.54, 1.807) is 11.0 Å². The average Bonchev–Trinajstić information content (AvgIpc) is 3.26. The fourth-order valence-corrected chi connectivity index (χ4v) is 4.28. The van der Waals surface area contributed by atoms with Crippen LogP contribution in [0.3, 0.4) is 0 Å². The Kier molecular flexibility index (Phi) is 5.35. The van der Waals surface area contributed by atoms with Gasteiger partial charge < -0.3 is 9.64 Å². The molecule has 1 aromatic heterocycles. The minimum atomic E-state index is -3.45. The summed E-state index contributed by atoms with van der Waals surface area (Å²) < 4.78 is 31.6. The van der Waals surface area contributed by atoms with Crippen LogP contribution in [-0.2, 0) is 22.9 Å². The number of hydrogen-bond donors (Lipinski definition) is 0.